The maximum Gasteiger partial charge on any atom is 0.416 e. The van der Waals surface area contributed by atoms with Crippen molar-refractivity contribution in [2.24, 2.45) is 4.99 Å². The molecule has 0 aliphatic carbocycles. The molecule has 1 aliphatic heterocycles. The number of hydrogen-bond acceptors (Lipinski definition) is 7. The molecule has 0 unspecified atom stereocenters. The molecule has 0 spiro atoms. The van der Waals surface area contributed by atoms with Crippen molar-refractivity contribution in [1.82, 2.24) is 15.7 Å². The molecule has 10 heteroatoms. The van der Waals surface area contributed by atoms with Gasteiger partial charge in [-0.3, -0.25) is 9.83 Å². The maximum absolute atomic E-state index is 13.2. The van der Waals surface area contributed by atoms with Crippen LogP contribution in [-0.4, -0.2) is 22.6 Å². The van der Waals surface area contributed by atoms with E-state index in [9.17, 15) is 13.2 Å². The largest absolute Gasteiger partial charge is 0.416 e. The summed E-state index contributed by atoms with van der Waals surface area (Å²) in [5, 5.41) is 8.92. The van der Waals surface area contributed by atoms with E-state index in [4.69, 9.17) is 9.83 Å². The number of nitrogens with one attached hydrogen (secondary N) is 1. The second-order valence-electron chi connectivity index (χ2n) is 7.49. The van der Waals surface area contributed by atoms with Crippen LogP contribution in [0.2, 0.25) is 0 Å². The van der Waals surface area contributed by atoms with E-state index in [1.165, 1.54) is 15.8 Å². The first kappa shape index (κ1) is 22.8. The average molecular weight is 479 g/mol. The van der Waals surface area contributed by atoms with Gasteiger partial charge < -0.3 is 0 Å². The molecule has 1 aliphatic rings. The topological polar surface area (TPSA) is 59.4 Å². The van der Waals surface area contributed by atoms with Crippen LogP contribution < -0.4 is 5.48 Å². The Kier molecular flexibility index (Phi) is 6.28. The molecule has 168 valence electrons. The van der Waals surface area contributed by atoms with Crippen molar-refractivity contribution in [2.75, 3.05) is 6.61 Å². The van der Waals surface area contributed by atoms with Gasteiger partial charge in [-0.25, -0.2) is 5.48 Å². The number of thiophene rings is 1. The molecule has 3 aromatic rings. The molecule has 0 amide bonds. The van der Waals surface area contributed by atoms with Crippen LogP contribution in [0, 0.1) is 27.7 Å². The van der Waals surface area contributed by atoms with Gasteiger partial charge in [0, 0.05) is 14.6 Å². The predicted octanol–water partition coefficient (Wildman–Crippen LogP) is 5.96. The summed E-state index contributed by atoms with van der Waals surface area (Å²) in [5.74, 6) is 0.495. The van der Waals surface area contributed by atoms with Crippen molar-refractivity contribution in [3.63, 3.8) is 0 Å². The SMILES string of the molecule is Cc1cc([C@@H]2CONC(c3c(Sc4cccc(C(F)(F)F)c4)nnc(C)c3C)=N2)c(C)s1. The number of rotatable bonds is 4. The number of hydroxylamine groups is 1. The molecule has 3 heterocycles. The fourth-order valence-electron chi connectivity index (χ4n) is 3.45. The minimum atomic E-state index is -4.42. The van der Waals surface area contributed by atoms with Crippen LogP contribution >= 0.6 is 23.1 Å². The van der Waals surface area contributed by atoms with Crippen molar-refractivity contribution in [3.8, 4) is 0 Å². The Hall–Kier alpha value is -2.43. The lowest BCUT2D eigenvalue weighted by Gasteiger charge is -2.24. The van der Waals surface area contributed by atoms with Gasteiger partial charge in [-0.2, -0.15) is 18.3 Å². The van der Waals surface area contributed by atoms with Crippen LogP contribution in [0.1, 0.15) is 43.7 Å². The van der Waals surface area contributed by atoms with Crippen LogP contribution in [0.25, 0.3) is 0 Å². The van der Waals surface area contributed by atoms with E-state index < -0.39 is 11.7 Å². The molecule has 0 saturated carbocycles. The number of nitrogens with zero attached hydrogens (tertiary/aromatic N) is 3. The summed E-state index contributed by atoms with van der Waals surface area (Å²) in [6.45, 7) is 8.22. The number of halogens is 3. The molecule has 0 saturated heterocycles. The Balaban J connectivity index is 1.75. The van der Waals surface area contributed by atoms with Crippen LogP contribution in [0.3, 0.4) is 0 Å². The molecule has 0 bridgehead atoms. The number of benzene rings is 1. The first-order valence-electron chi connectivity index (χ1n) is 9.85. The van der Waals surface area contributed by atoms with E-state index in [-0.39, 0.29) is 6.04 Å². The van der Waals surface area contributed by atoms with E-state index in [1.54, 1.807) is 17.4 Å². The summed E-state index contributed by atoms with van der Waals surface area (Å²) in [4.78, 5) is 13.3. The van der Waals surface area contributed by atoms with Crippen LogP contribution in [0.5, 0.6) is 0 Å². The smallest absolute Gasteiger partial charge is 0.272 e. The summed E-state index contributed by atoms with van der Waals surface area (Å²) in [6.07, 6.45) is -4.42. The molecule has 0 radical (unpaired) electrons. The quantitative estimate of drug-likeness (QED) is 0.501. The number of hydrogen-bond donors (Lipinski definition) is 1. The standard InChI is InChI=1S/C22H21F3N4OS2/c1-11-8-17(14(4)31-11)18-10-30-29-20(26-18)19-12(2)13(3)27-28-21(19)32-16-7-5-6-15(9-16)22(23,24)25/h5-9,18H,10H2,1-4H3,(H,26,29)/t18-/m0/s1. The lowest BCUT2D eigenvalue weighted by molar-refractivity contribution is -0.137. The van der Waals surface area contributed by atoms with Crippen LogP contribution in [-0.2, 0) is 11.0 Å². The number of aryl methyl sites for hydroxylation is 3. The highest BCUT2D eigenvalue weighted by atomic mass is 32.2. The van der Waals surface area contributed by atoms with Gasteiger partial charge in [0.25, 0.3) is 0 Å². The Morgan fingerprint density at radius 2 is 1.91 bits per heavy atom. The van der Waals surface area contributed by atoms with Gasteiger partial charge in [0.05, 0.1) is 16.8 Å². The van der Waals surface area contributed by atoms with E-state index in [0.717, 1.165) is 35.0 Å². The zero-order chi connectivity index (χ0) is 23.0. The summed E-state index contributed by atoms with van der Waals surface area (Å²) in [6, 6.07) is 7.09. The second-order valence-corrected chi connectivity index (χ2v) is 10.0. The van der Waals surface area contributed by atoms with Gasteiger partial charge in [0.1, 0.15) is 17.7 Å². The molecule has 5 nitrogen and oxygen atoms in total. The number of aliphatic imine (C=N–C) groups is 1. The summed E-state index contributed by atoms with van der Waals surface area (Å²) in [5.41, 5.74) is 5.50. The minimum absolute atomic E-state index is 0.185. The maximum atomic E-state index is 13.2. The first-order chi connectivity index (χ1) is 15.1. The van der Waals surface area contributed by atoms with Crippen molar-refractivity contribution >= 4 is 28.9 Å². The fourth-order valence-corrected chi connectivity index (χ4v) is 5.42. The Morgan fingerprint density at radius 3 is 2.59 bits per heavy atom. The van der Waals surface area contributed by atoms with Crippen molar-refractivity contribution in [1.29, 1.82) is 0 Å². The summed E-state index contributed by atoms with van der Waals surface area (Å²) in [7, 11) is 0. The molecule has 2 aromatic heterocycles. The molecule has 0 fully saturated rings. The third-order valence-corrected chi connectivity index (χ3v) is 7.12. The number of amidine groups is 1. The number of alkyl halides is 3. The number of aromatic nitrogens is 2. The fraction of sp³-hybridized carbons (Fsp3) is 0.318. The average Bonchev–Trinajstić information content (AvgIpc) is 3.08. The van der Waals surface area contributed by atoms with Gasteiger partial charge >= 0.3 is 6.18 Å². The third-order valence-electron chi connectivity index (χ3n) is 5.17. The molecule has 32 heavy (non-hydrogen) atoms. The molecule has 1 aromatic carbocycles. The summed E-state index contributed by atoms with van der Waals surface area (Å²) >= 11 is 2.83. The van der Waals surface area contributed by atoms with Crippen molar-refractivity contribution < 1.29 is 18.0 Å². The van der Waals surface area contributed by atoms with Gasteiger partial charge in [-0.15, -0.1) is 16.4 Å². The first-order valence-corrected chi connectivity index (χ1v) is 11.5. The van der Waals surface area contributed by atoms with Gasteiger partial charge in [-0.05, 0) is 63.1 Å². The Bertz CT molecular complexity index is 1190. The highest BCUT2D eigenvalue weighted by Gasteiger charge is 2.31. The van der Waals surface area contributed by atoms with E-state index >= 15 is 0 Å². The third kappa shape index (κ3) is 4.67. The monoisotopic (exact) mass is 478 g/mol. The van der Waals surface area contributed by atoms with E-state index in [0.29, 0.717) is 33.6 Å². The second kappa shape index (κ2) is 8.84. The molecular formula is C22H21F3N4OS2. The van der Waals surface area contributed by atoms with Crippen LogP contribution in [0.15, 0.2) is 45.2 Å². The molecule has 1 atom stereocenters. The van der Waals surface area contributed by atoms with E-state index in [1.807, 2.05) is 13.8 Å². The van der Waals surface area contributed by atoms with E-state index in [2.05, 4.69) is 35.6 Å². The van der Waals surface area contributed by atoms with Gasteiger partial charge in [-0.1, -0.05) is 17.8 Å². The van der Waals surface area contributed by atoms with Crippen LogP contribution in [0.4, 0.5) is 13.2 Å². The normalized spacial score (nSPS) is 16.6. The lowest BCUT2D eigenvalue weighted by atomic mass is 10.1. The lowest BCUT2D eigenvalue weighted by Crippen LogP contribution is -2.34. The molecular weight excluding hydrogens is 457 g/mol. The molecule has 1 N–H and O–H groups in total. The highest BCUT2D eigenvalue weighted by molar-refractivity contribution is 7.99. The zero-order valence-corrected chi connectivity index (χ0v) is 19.5. The van der Waals surface area contributed by atoms with Crippen molar-refractivity contribution in [3.05, 3.63) is 68.0 Å². The minimum Gasteiger partial charge on any atom is -0.272 e. The summed E-state index contributed by atoms with van der Waals surface area (Å²) < 4.78 is 39.5. The molecule has 4 rings (SSSR count). The predicted molar refractivity (Wildman–Crippen MR) is 119 cm³/mol. The van der Waals surface area contributed by atoms with Gasteiger partial charge in [0.2, 0.25) is 0 Å². The Morgan fingerprint density at radius 1 is 1.12 bits per heavy atom. The van der Waals surface area contributed by atoms with Crippen molar-refractivity contribution in [2.45, 2.75) is 49.8 Å². The Labute approximate surface area is 192 Å². The zero-order valence-electron chi connectivity index (χ0n) is 17.9. The van der Waals surface area contributed by atoms with Gasteiger partial charge in [0.15, 0.2) is 5.84 Å². The highest BCUT2D eigenvalue weighted by Crippen LogP contribution is 2.37.